The maximum Gasteiger partial charge on any atom is 0.289 e. The topological polar surface area (TPSA) is 33.5 Å². The van der Waals surface area contributed by atoms with Gasteiger partial charge in [-0.15, -0.1) is 0 Å². The summed E-state index contributed by atoms with van der Waals surface area (Å²) in [6, 6.07) is 5.84. The van der Waals surface area contributed by atoms with Crippen LogP contribution in [0, 0.1) is 12.8 Å². The molecule has 0 unspecified atom stereocenters. The highest BCUT2D eigenvalue weighted by molar-refractivity contribution is 9.10. The number of hydrogen-bond donors (Lipinski definition) is 0. The molecule has 106 valence electrons. The van der Waals surface area contributed by atoms with Gasteiger partial charge in [0.1, 0.15) is 5.58 Å². The largest absolute Gasteiger partial charge is 0.451 e. The molecule has 0 saturated carbocycles. The molecule has 1 aliphatic rings. The predicted molar refractivity (Wildman–Crippen MR) is 83.0 cm³/mol. The first-order valence-electron chi connectivity index (χ1n) is 7.04. The third-order valence-electron chi connectivity index (χ3n) is 4.16. The van der Waals surface area contributed by atoms with E-state index < -0.39 is 0 Å². The van der Waals surface area contributed by atoms with Crippen molar-refractivity contribution in [2.45, 2.75) is 26.7 Å². The lowest BCUT2D eigenvalue weighted by atomic mass is 9.99. The maximum absolute atomic E-state index is 12.6. The fourth-order valence-corrected chi connectivity index (χ4v) is 3.11. The Bertz CT molecular complexity index is 654. The van der Waals surface area contributed by atoms with Crippen LogP contribution in [0.15, 0.2) is 27.1 Å². The summed E-state index contributed by atoms with van der Waals surface area (Å²) in [5.74, 6) is 1.24. The van der Waals surface area contributed by atoms with Gasteiger partial charge in [-0.25, -0.2) is 0 Å². The van der Waals surface area contributed by atoms with Gasteiger partial charge in [0.05, 0.1) is 0 Å². The van der Waals surface area contributed by atoms with Gasteiger partial charge in [0.25, 0.3) is 5.91 Å². The molecule has 0 bridgehead atoms. The monoisotopic (exact) mass is 335 g/mol. The lowest BCUT2D eigenvalue weighted by Crippen LogP contribution is -2.38. The highest BCUT2D eigenvalue weighted by Crippen LogP contribution is 2.29. The Morgan fingerprint density at radius 3 is 2.75 bits per heavy atom. The molecule has 0 N–H and O–H groups in total. The van der Waals surface area contributed by atoms with Gasteiger partial charge in [0.15, 0.2) is 5.76 Å². The van der Waals surface area contributed by atoms with E-state index in [1.54, 1.807) is 0 Å². The molecule has 0 aliphatic carbocycles. The molecule has 1 aromatic carbocycles. The minimum Gasteiger partial charge on any atom is -0.451 e. The Balaban J connectivity index is 1.93. The first-order chi connectivity index (χ1) is 9.56. The van der Waals surface area contributed by atoms with Crippen LogP contribution in [0.4, 0.5) is 0 Å². The van der Waals surface area contributed by atoms with Gasteiger partial charge < -0.3 is 9.32 Å². The van der Waals surface area contributed by atoms with Gasteiger partial charge >= 0.3 is 0 Å². The number of carbonyl (C=O) groups is 1. The highest BCUT2D eigenvalue weighted by Gasteiger charge is 2.26. The van der Waals surface area contributed by atoms with E-state index in [9.17, 15) is 4.79 Å². The second-order valence-electron chi connectivity index (χ2n) is 5.67. The van der Waals surface area contributed by atoms with Crippen molar-refractivity contribution in [1.29, 1.82) is 0 Å². The second-order valence-corrected chi connectivity index (χ2v) is 6.59. The second kappa shape index (κ2) is 5.24. The highest BCUT2D eigenvalue weighted by atomic mass is 79.9. The van der Waals surface area contributed by atoms with Crippen LogP contribution < -0.4 is 0 Å². The number of carbonyl (C=O) groups excluding carboxylic acids is 1. The van der Waals surface area contributed by atoms with Gasteiger partial charge in [-0.1, -0.05) is 22.9 Å². The number of halogens is 1. The van der Waals surface area contributed by atoms with Gasteiger partial charge in [0, 0.05) is 28.5 Å². The van der Waals surface area contributed by atoms with Crippen LogP contribution in [0.1, 0.15) is 35.9 Å². The number of amides is 1. The van der Waals surface area contributed by atoms with Crippen molar-refractivity contribution >= 4 is 32.8 Å². The van der Waals surface area contributed by atoms with Crippen LogP contribution in [-0.2, 0) is 0 Å². The summed E-state index contributed by atoms with van der Waals surface area (Å²) in [6.07, 6.45) is 2.16. The summed E-state index contributed by atoms with van der Waals surface area (Å²) in [5, 5.41) is 1.01. The SMILES string of the molecule is Cc1c(C(=O)N2CCC(C)CC2)oc2ccc(Br)cc12. The molecule has 2 aromatic rings. The number of benzene rings is 1. The van der Waals surface area contributed by atoms with E-state index in [2.05, 4.69) is 22.9 Å². The fraction of sp³-hybridized carbons (Fsp3) is 0.438. The van der Waals surface area contributed by atoms with Crippen LogP contribution in [0.25, 0.3) is 11.0 Å². The smallest absolute Gasteiger partial charge is 0.289 e. The number of rotatable bonds is 1. The lowest BCUT2D eigenvalue weighted by Gasteiger charge is -2.29. The normalized spacial score (nSPS) is 16.9. The molecule has 3 nitrogen and oxygen atoms in total. The zero-order valence-electron chi connectivity index (χ0n) is 11.8. The van der Waals surface area contributed by atoms with E-state index >= 15 is 0 Å². The minimum atomic E-state index is 0.0294. The summed E-state index contributed by atoms with van der Waals surface area (Å²) < 4.78 is 6.78. The van der Waals surface area contributed by atoms with Crippen molar-refractivity contribution in [3.8, 4) is 0 Å². The number of hydrogen-bond acceptors (Lipinski definition) is 2. The van der Waals surface area contributed by atoms with Crippen molar-refractivity contribution in [2.75, 3.05) is 13.1 Å². The average molecular weight is 336 g/mol. The summed E-state index contributed by atoms with van der Waals surface area (Å²) >= 11 is 3.46. The molecule has 0 radical (unpaired) electrons. The third kappa shape index (κ3) is 2.37. The number of furan rings is 1. The van der Waals surface area contributed by atoms with E-state index in [1.807, 2.05) is 30.0 Å². The van der Waals surface area contributed by atoms with Gasteiger partial charge in [0.2, 0.25) is 0 Å². The van der Waals surface area contributed by atoms with Crippen LogP contribution >= 0.6 is 15.9 Å². The molecule has 0 spiro atoms. The number of aryl methyl sites for hydroxylation is 1. The van der Waals surface area contributed by atoms with Gasteiger partial charge in [-0.3, -0.25) is 4.79 Å². The fourth-order valence-electron chi connectivity index (χ4n) is 2.75. The first-order valence-corrected chi connectivity index (χ1v) is 7.83. The zero-order chi connectivity index (χ0) is 14.3. The van der Waals surface area contributed by atoms with Crippen molar-refractivity contribution in [3.05, 3.63) is 34.0 Å². The van der Waals surface area contributed by atoms with E-state index in [1.165, 1.54) is 0 Å². The number of fused-ring (bicyclic) bond motifs is 1. The molecule has 1 fully saturated rings. The van der Waals surface area contributed by atoms with Crippen molar-refractivity contribution < 1.29 is 9.21 Å². The quantitative estimate of drug-likeness (QED) is 0.774. The number of nitrogens with zero attached hydrogens (tertiary/aromatic N) is 1. The number of piperidine rings is 1. The summed E-state index contributed by atoms with van der Waals surface area (Å²) in [5.41, 5.74) is 1.71. The molecule has 1 saturated heterocycles. The Kier molecular flexibility index (Phi) is 3.59. The maximum atomic E-state index is 12.6. The van der Waals surface area contributed by atoms with E-state index in [0.29, 0.717) is 11.7 Å². The van der Waals surface area contributed by atoms with E-state index in [-0.39, 0.29) is 5.91 Å². The van der Waals surface area contributed by atoms with Crippen LogP contribution in [-0.4, -0.2) is 23.9 Å². The standard InChI is InChI=1S/C16H18BrNO2/c1-10-5-7-18(8-6-10)16(19)15-11(2)13-9-12(17)3-4-14(13)20-15/h3-4,9-10H,5-8H2,1-2H3. The third-order valence-corrected chi connectivity index (χ3v) is 4.66. The molecule has 20 heavy (non-hydrogen) atoms. The van der Waals surface area contributed by atoms with Crippen molar-refractivity contribution in [1.82, 2.24) is 4.90 Å². The first kappa shape index (κ1) is 13.7. The average Bonchev–Trinajstić information content (AvgIpc) is 2.76. The molecule has 3 rings (SSSR count). The summed E-state index contributed by atoms with van der Waals surface area (Å²) in [6.45, 7) is 5.87. The van der Waals surface area contributed by atoms with Gasteiger partial charge in [-0.2, -0.15) is 0 Å². The van der Waals surface area contributed by atoms with E-state index in [4.69, 9.17) is 4.42 Å². The molecule has 0 atom stereocenters. The Morgan fingerprint density at radius 2 is 2.05 bits per heavy atom. The van der Waals surface area contributed by atoms with Crippen molar-refractivity contribution in [2.24, 2.45) is 5.92 Å². The Morgan fingerprint density at radius 1 is 1.35 bits per heavy atom. The molecule has 1 aromatic heterocycles. The molecular formula is C16H18BrNO2. The summed E-state index contributed by atoms with van der Waals surface area (Å²) in [4.78, 5) is 14.5. The molecule has 4 heteroatoms. The molecule has 1 amide bonds. The predicted octanol–water partition coefficient (Wildman–Crippen LogP) is 4.38. The molecular weight excluding hydrogens is 318 g/mol. The Labute approximate surface area is 127 Å². The van der Waals surface area contributed by atoms with Crippen LogP contribution in [0.5, 0.6) is 0 Å². The van der Waals surface area contributed by atoms with Crippen LogP contribution in [0.3, 0.4) is 0 Å². The minimum absolute atomic E-state index is 0.0294. The number of likely N-dealkylation sites (tertiary alicyclic amines) is 1. The van der Waals surface area contributed by atoms with E-state index in [0.717, 1.165) is 46.9 Å². The Hall–Kier alpha value is -1.29. The zero-order valence-corrected chi connectivity index (χ0v) is 13.4. The summed E-state index contributed by atoms with van der Waals surface area (Å²) in [7, 11) is 0. The molecule has 2 heterocycles. The van der Waals surface area contributed by atoms with Gasteiger partial charge in [-0.05, 0) is 43.9 Å². The molecule has 1 aliphatic heterocycles. The van der Waals surface area contributed by atoms with Crippen molar-refractivity contribution in [3.63, 3.8) is 0 Å². The van der Waals surface area contributed by atoms with Crippen LogP contribution in [0.2, 0.25) is 0 Å². The lowest BCUT2D eigenvalue weighted by molar-refractivity contribution is 0.0666.